The molecule has 4 aromatic rings. The second-order valence-corrected chi connectivity index (χ2v) is 8.92. The second-order valence-electron chi connectivity index (χ2n) is 7.87. The van der Waals surface area contributed by atoms with Gasteiger partial charge >= 0.3 is 0 Å². The number of piperazine rings is 1. The van der Waals surface area contributed by atoms with Crippen LogP contribution in [0.1, 0.15) is 5.56 Å². The maximum atomic E-state index is 13.2. The fourth-order valence-corrected chi connectivity index (χ4v) is 5.32. The van der Waals surface area contributed by atoms with Gasteiger partial charge in [0.05, 0.1) is 5.39 Å². The number of hydrogen-bond donors (Lipinski definition) is 1. The zero-order valence-electron chi connectivity index (χ0n) is 17.5. The minimum Gasteiger partial charge on any atom is -0.383 e. The van der Waals surface area contributed by atoms with E-state index < -0.39 is 0 Å². The summed E-state index contributed by atoms with van der Waals surface area (Å²) in [6.07, 6.45) is 3.58. The molecule has 0 atom stereocenters. The Morgan fingerprint density at radius 1 is 1.00 bits per heavy atom. The molecule has 158 valence electrons. The normalized spacial score (nSPS) is 14.9. The van der Waals surface area contributed by atoms with Crippen molar-refractivity contribution in [2.24, 2.45) is 0 Å². The molecule has 0 amide bonds. The zero-order valence-corrected chi connectivity index (χ0v) is 18.4. The van der Waals surface area contributed by atoms with E-state index in [2.05, 4.69) is 38.1 Å². The topological polar surface area (TPSA) is 61.4 Å². The Balaban J connectivity index is 1.28. The fraction of sp³-hybridized carbons (Fsp3) is 0.292. The Hall–Kier alpha value is -3.03. The van der Waals surface area contributed by atoms with Crippen molar-refractivity contribution in [3.05, 3.63) is 70.6 Å². The fourth-order valence-electron chi connectivity index (χ4n) is 4.15. The predicted molar refractivity (Wildman–Crippen MR) is 130 cm³/mol. The van der Waals surface area contributed by atoms with E-state index in [-0.39, 0.29) is 5.43 Å². The Bertz CT molecular complexity index is 1270. The van der Waals surface area contributed by atoms with Crippen LogP contribution in [0.15, 0.2) is 59.7 Å². The molecule has 1 N–H and O–H groups in total. The molecule has 0 unspecified atom stereocenters. The van der Waals surface area contributed by atoms with Gasteiger partial charge in [-0.05, 0) is 36.8 Å². The first-order valence-electron chi connectivity index (χ1n) is 10.6. The Kier molecular flexibility index (Phi) is 5.53. The number of aromatic nitrogens is 2. The molecule has 1 fully saturated rings. The Labute approximate surface area is 185 Å². The van der Waals surface area contributed by atoms with Gasteiger partial charge in [-0.15, -0.1) is 11.3 Å². The summed E-state index contributed by atoms with van der Waals surface area (Å²) in [6.45, 7) is 7.63. The van der Waals surface area contributed by atoms with E-state index in [9.17, 15) is 4.79 Å². The second kappa shape index (κ2) is 8.61. The third-order valence-electron chi connectivity index (χ3n) is 5.88. The smallest absolute Gasteiger partial charge is 0.225 e. The van der Waals surface area contributed by atoms with Crippen molar-refractivity contribution < 1.29 is 0 Å². The zero-order chi connectivity index (χ0) is 21.2. The molecule has 7 heteroatoms. The number of rotatable bonds is 5. The summed E-state index contributed by atoms with van der Waals surface area (Å²) in [5.74, 6) is 0.808. The molecule has 31 heavy (non-hydrogen) atoms. The van der Waals surface area contributed by atoms with Crippen molar-refractivity contribution in [1.29, 1.82) is 0 Å². The van der Waals surface area contributed by atoms with Crippen LogP contribution in [0, 0.1) is 6.92 Å². The van der Waals surface area contributed by atoms with E-state index >= 15 is 0 Å². The standard InChI is InChI=1S/C24H25N5OS/c1-17-7-8-19(21-22(30)18-5-2-3-6-20(18)31-23(17)21)25-11-12-28-13-15-29(16-14-28)24-26-9-4-10-27-24/h2-10,25H,11-16H2,1H3. The molecule has 1 saturated heterocycles. The maximum absolute atomic E-state index is 13.2. The van der Waals surface area contributed by atoms with Crippen molar-refractivity contribution >= 4 is 43.1 Å². The first-order chi connectivity index (χ1) is 15.2. The van der Waals surface area contributed by atoms with Crippen LogP contribution in [0.3, 0.4) is 0 Å². The van der Waals surface area contributed by atoms with Gasteiger partial charge in [-0.1, -0.05) is 18.2 Å². The summed E-state index contributed by atoms with van der Waals surface area (Å²) >= 11 is 1.70. The largest absolute Gasteiger partial charge is 0.383 e. The highest BCUT2D eigenvalue weighted by Crippen LogP contribution is 2.31. The Morgan fingerprint density at radius 3 is 2.58 bits per heavy atom. The number of benzene rings is 2. The summed E-state index contributed by atoms with van der Waals surface area (Å²) in [6, 6.07) is 13.9. The SMILES string of the molecule is Cc1ccc(NCCN2CCN(c3ncccn3)CC2)c2c(=O)c3ccccc3sc12. The molecule has 6 nitrogen and oxygen atoms in total. The van der Waals surface area contributed by atoms with Crippen LogP contribution in [-0.4, -0.2) is 54.1 Å². The summed E-state index contributed by atoms with van der Waals surface area (Å²) in [5, 5.41) is 5.15. The molecule has 0 aliphatic carbocycles. The number of hydrogen-bond acceptors (Lipinski definition) is 7. The van der Waals surface area contributed by atoms with E-state index in [1.807, 2.05) is 36.4 Å². The first-order valence-corrected chi connectivity index (χ1v) is 11.5. The van der Waals surface area contributed by atoms with Gasteiger partial charge in [0.15, 0.2) is 5.43 Å². The first kappa shape index (κ1) is 19.9. The van der Waals surface area contributed by atoms with Crippen LogP contribution in [0.4, 0.5) is 11.6 Å². The molecule has 2 aromatic heterocycles. The average molecular weight is 432 g/mol. The Morgan fingerprint density at radius 2 is 1.77 bits per heavy atom. The lowest BCUT2D eigenvalue weighted by atomic mass is 10.1. The summed E-state index contributed by atoms with van der Waals surface area (Å²) in [5.41, 5.74) is 2.20. The maximum Gasteiger partial charge on any atom is 0.225 e. The van der Waals surface area contributed by atoms with Crippen molar-refractivity contribution in [3.63, 3.8) is 0 Å². The van der Waals surface area contributed by atoms with Crippen LogP contribution in [0.25, 0.3) is 20.2 Å². The summed E-state index contributed by atoms with van der Waals surface area (Å²) < 4.78 is 2.12. The van der Waals surface area contributed by atoms with E-state index in [4.69, 9.17) is 0 Å². The lowest BCUT2D eigenvalue weighted by molar-refractivity contribution is 0.266. The minimum atomic E-state index is 0.118. The summed E-state index contributed by atoms with van der Waals surface area (Å²) in [7, 11) is 0. The monoisotopic (exact) mass is 431 g/mol. The molecule has 1 aliphatic rings. The van der Waals surface area contributed by atoms with Gasteiger partial charge in [0.2, 0.25) is 5.95 Å². The van der Waals surface area contributed by atoms with Crippen LogP contribution in [-0.2, 0) is 0 Å². The van der Waals surface area contributed by atoms with Gasteiger partial charge in [-0.3, -0.25) is 9.69 Å². The minimum absolute atomic E-state index is 0.118. The number of aryl methyl sites for hydroxylation is 1. The highest BCUT2D eigenvalue weighted by molar-refractivity contribution is 7.24. The third-order valence-corrected chi connectivity index (χ3v) is 7.18. The molecule has 0 bridgehead atoms. The van der Waals surface area contributed by atoms with E-state index in [1.165, 1.54) is 0 Å². The number of nitrogens with zero attached hydrogens (tertiary/aromatic N) is 4. The molecule has 0 saturated carbocycles. The van der Waals surface area contributed by atoms with Crippen LogP contribution in [0.2, 0.25) is 0 Å². The molecular weight excluding hydrogens is 406 g/mol. The van der Waals surface area contributed by atoms with Crippen molar-refractivity contribution in [1.82, 2.24) is 14.9 Å². The van der Waals surface area contributed by atoms with Gasteiger partial charge in [-0.25, -0.2) is 9.97 Å². The molecule has 0 radical (unpaired) electrons. The summed E-state index contributed by atoms with van der Waals surface area (Å²) in [4.78, 5) is 26.6. The van der Waals surface area contributed by atoms with Crippen molar-refractivity contribution in [2.45, 2.75) is 6.92 Å². The lowest BCUT2D eigenvalue weighted by Crippen LogP contribution is -2.48. The number of fused-ring (bicyclic) bond motifs is 2. The predicted octanol–water partition coefficient (Wildman–Crippen LogP) is 3.75. The van der Waals surface area contributed by atoms with E-state index in [0.717, 1.165) is 76.6 Å². The quantitative estimate of drug-likeness (QED) is 0.486. The lowest BCUT2D eigenvalue weighted by Gasteiger charge is -2.34. The van der Waals surface area contributed by atoms with Gasteiger partial charge in [-0.2, -0.15) is 0 Å². The van der Waals surface area contributed by atoms with Crippen LogP contribution in [0.5, 0.6) is 0 Å². The molecule has 0 spiro atoms. The molecular formula is C24H25N5OS. The number of nitrogens with one attached hydrogen (secondary N) is 1. The van der Waals surface area contributed by atoms with Crippen molar-refractivity contribution in [3.8, 4) is 0 Å². The molecule has 5 rings (SSSR count). The van der Waals surface area contributed by atoms with E-state index in [1.54, 1.807) is 23.7 Å². The van der Waals surface area contributed by atoms with E-state index in [0.29, 0.717) is 0 Å². The van der Waals surface area contributed by atoms with Crippen LogP contribution >= 0.6 is 11.3 Å². The van der Waals surface area contributed by atoms with Gasteiger partial charge in [0.25, 0.3) is 0 Å². The number of anilines is 2. The average Bonchev–Trinajstić information content (AvgIpc) is 2.82. The highest BCUT2D eigenvalue weighted by Gasteiger charge is 2.18. The van der Waals surface area contributed by atoms with Crippen LogP contribution < -0.4 is 15.6 Å². The van der Waals surface area contributed by atoms with Gasteiger partial charge in [0.1, 0.15) is 0 Å². The van der Waals surface area contributed by atoms with Crippen molar-refractivity contribution in [2.75, 3.05) is 49.5 Å². The molecule has 2 aromatic carbocycles. The molecule has 1 aliphatic heterocycles. The molecule has 3 heterocycles. The third kappa shape index (κ3) is 3.98. The highest BCUT2D eigenvalue weighted by atomic mass is 32.1. The van der Waals surface area contributed by atoms with Gasteiger partial charge < -0.3 is 10.2 Å². The van der Waals surface area contributed by atoms with Gasteiger partial charge in [0, 0.05) is 72.1 Å².